The summed E-state index contributed by atoms with van der Waals surface area (Å²) in [5.41, 5.74) is 2.80. The van der Waals surface area contributed by atoms with E-state index in [-0.39, 0.29) is 35.3 Å². The Hall–Kier alpha value is -2.64. The summed E-state index contributed by atoms with van der Waals surface area (Å²) in [5.74, 6) is 0.771. The molecular weight excluding hydrogens is 382 g/mol. The number of nitrogens with zero attached hydrogens (tertiary/aromatic N) is 4. The Morgan fingerprint density at radius 1 is 1.00 bits per heavy atom. The first-order valence-corrected chi connectivity index (χ1v) is 11.3. The van der Waals surface area contributed by atoms with Crippen molar-refractivity contribution < 1.29 is 9.59 Å². The maximum atomic E-state index is 13.2. The predicted molar refractivity (Wildman–Crippen MR) is 109 cm³/mol. The second-order valence-corrected chi connectivity index (χ2v) is 9.35. The fourth-order valence-corrected chi connectivity index (χ4v) is 5.19. The van der Waals surface area contributed by atoms with Gasteiger partial charge >= 0.3 is 0 Å². The van der Waals surface area contributed by atoms with Gasteiger partial charge in [-0.25, -0.2) is 9.50 Å². The molecule has 0 radical (unpaired) electrons. The van der Waals surface area contributed by atoms with Gasteiger partial charge in [0.2, 0.25) is 11.8 Å². The number of H-pyrrole nitrogens is 1. The standard InChI is InChI=1S/C22H27N5O3/c28-20(14-6-7-14)25-10-8-16-15(12-25)22(30)27-19(23-16)11-17(24-27)18-5-2-9-26(18)21(29)13-3-1-4-13/h11,13-14,18,24H,1-10,12H2/t18-/m0/s1. The number of aromatic nitrogens is 3. The highest BCUT2D eigenvalue weighted by Crippen LogP contribution is 2.37. The van der Waals surface area contributed by atoms with E-state index in [1.165, 1.54) is 4.52 Å². The average Bonchev–Trinajstić information content (AvgIpc) is 3.28. The van der Waals surface area contributed by atoms with Crippen molar-refractivity contribution in [2.75, 3.05) is 13.1 Å². The molecule has 1 N–H and O–H groups in total. The molecule has 0 unspecified atom stereocenters. The van der Waals surface area contributed by atoms with Crippen LogP contribution in [0.2, 0.25) is 0 Å². The third-order valence-corrected chi connectivity index (χ3v) is 7.37. The van der Waals surface area contributed by atoms with Gasteiger partial charge in [0.1, 0.15) is 0 Å². The van der Waals surface area contributed by atoms with E-state index < -0.39 is 0 Å². The van der Waals surface area contributed by atoms with Gasteiger partial charge in [0, 0.05) is 37.4 Å². The van der Waals surface area contributed by atoms with Crippen LogP contribution in [0.3, 0.4) is 0 Å². The molecule has 8 nitrogen and oxygen atoms in total. The Labute approximate surface area is 174 Å². The Bertz CT molecular complexity index is 1090. The molecule has 30 heavy (non-hydrogen) atoms. The summed E-state index contributed by atoms with van der Waals surface area (Å²) >= 11 is 0. The molecule has 0 spiro atoms. The van der Waals surface area contributed by atoms with Crippen molar-refractivity contribution in [3.8, 4) is 0 Å². The van der Waals surface area contributed by atoms with Gasteiger partial charge in [0.15, 0.2) is 5.65 Å². The summed E-state index contributed by atoms with van der Waals surface area (Å²) in [4.78, 5) is 47.1. The second-order valence-electron chi connectivity index (χ2n) is 9.35. The highest BCUT2D eigenvalue weighted by Gasteiger charge is 2.38. The normalized spacial score (nSPS) is 24.2. The molecule has 0 aromatic carbocycles. The first-order valence-electron chi connectivity index (χ1n) is 11.3. The van der Waals surface area contributed by atoms with Gasteiger partial charge < -0.3 is 9.80 Å². The first kappa shape index (κ1) is 18.2. The maximum Gasteiger partial charge on any atom is 0.277 e. The van der Waals surface area contributed by atoms with Gasteiger partial charge in [-0.05, 0) is 38.5 Å². The molecule has 158 valence electrons. The van der Waals surface area contributed by atoms with Gasteiger partial charge in [-0.1, -0.05) is 6.42 Å². The lowest BCUT2D eigenvalue weighted by Crippen LogP contribution is -2.41. The van der Waals surface area contributed by atoms with Crippen LogP contribution in [0.25, 0.3) is 5.65 Å². The number of carbonyl (C=O) groups is 2. The molecule has 2 aliphatic carbocycles. The van der Waals surface area contributed by atoms with Crippen molar-refractivity contribution in [1.82, 2.24) is 24.4 Å². The summed E-state index contributed by atoms with van der Waals surface area (Å²) in [7, 11) is 0. The SMILES string of the molecule is O=C(C1CC1)N1CCc2nc3cc([C@@H]4CCCN4C(=O)C4CCC4)[nH]n3c(=O)c2C1. The Morgan fingerprint density at radius 2 is 1.80 bits per heavy atom. The highest BCUT2D eigenvalue weighted by atomic mass is 16.2. The fourth-order valence-electron chi connectivity index (χ4n) is 5.19. The van der Waals surface area contributed by atoms with E-state index in [4.69, 9.17) is 4.98 Å². The fraction of sp³-hybridized carbons (Fsp3) is 0.636. The third-order valence-electron chi connectivity index (χ3n) is 7.37. The van der Waals surface area contributed by atoms with Gasteiger partial charge in [-0.15, -0.1) is 0 Å². The largest absolute Gasteiger partial charge is 0.337 e. The first-order chi connectivity index (χ1) is 14.6. The Kier molecular flexibility index (Phi) is 4.05. The number of rotatable bonds is 3. The van der Waals surface area contributed by atoms with Crippen molar-refractivity contribution in [3.05, 3.63) is 33.4 Å². The molecule has 2 aromatic heterocycles. The number of carbonyl (C=O) groups excluding carboxylic acids is 2. The van der Waals surface area contributed by atoms with E-state index in [9.17, 15) is 14.4 Å². The quantitative estimate of drug-likeness (QED) is 0.837. The summed E-state index contributed by atoms with van der Waals surface area (Å²) in [6.45, 7) is 1.77. The minimum atomic E-state index is -0.121. The molecule has 2 aromatic rings. The van der Waals surface area contributed by atoms with Gasteiger partial charge in [0.25, 0.3) is 5.56 Å². The molecule has 1 saturated heterocycles. The average molecular weight is 409 g/mol. The van der Waals surface area contributed by atoms with Crippen LogP contribution in [0.5, 0.6) is 0 Å². The topological polar surface area (TPSA) is 90.8 Å². The monoisotopic (exact) mass is 409 g/mol. The van der Waals surface area contributed by atoms with Crippen molar-refractivity contribution in [3.63, 3.8) is 0 Å². The van der Waals surface area contributed by atoms with Crippen LogP contribution in [0.1, 0.15) is 67.9 Å². The summed E-state index contributed by atoms with van der Waals surface area (Å²) in [6, 6.07) is 1.92. The number of likely N-dealkylation sites (tertiary alicyclic amines) is 1. The summed E-state index contributed by atoms with van der Waals surface area (Å²) in [5, 5.41) is 3.24. The lowest BCUT2D eigenvalue weighted by Gasteiger charge is -2.32. The molecule has 4 heterocycles. The van der Waals surface area contributed by atoms with Gasteiger partial charge in [0.05, 0.1) is 29.5 Å². The van der Waals surface area contributed by atoms with Crippen LogP contribution in [0, 0.1) is 11.8 Å². The number of nitrogens with one attached hydrogen (secondary N) is 1. The molecule has 2 saturated carbocycles. The summed E-state index contributed by atoms with van der Waals surface area (Å²) < 4.78 is 1.50. The van der Waals surface area contributed by atoms with Gasteiger partial charge in [-0.2, -0.15) is 0 Å². The van der Waals surface area contributed by atoms with E-state index in [2.05, 4.69) is 5.10 Å². The van der Waals surface area contributed by atoms with Crippen molar-refractivity contribution in [2.24, 2.45) is 11.8 Å². The molecular formula is C22H27N5O3. The van der Waals surface area contributed by atoms with E-state index in [1.54, 1.807) is 0 Å². The molecule has 8 heteroatoms. The van der Waals surface area contributed by atoms with Gasteiger partial charge in [-0.3, -0.25) is 19.5 Å². The van der Waals surface area contributed by atoms with Crippen molar-refractivity contribution in [2.45, 2.75) is 64.0 Å². The van der Waals surface area contributed by atoms with Crippen LogP contribution < -0.4 is 5.56 Å². The van der Waals surface area contributed by atoms with Crippen molar-refractivity contribution >= 4 is 17.5 Å². The number of hydrogen-bond acceptors (Lipinski definition) is 4. The zero-order valence-electron chi connectivity index (χ0n) is 17.1. The number of aromatic amines is 1. The molecule has 2 aliphatic heterocycles. The highest BCUT2D eigenvalue weighted by molar-refractivity contribution is 5.81. The van der Waals surface area contributed by atoms with Crippen LogP contribution >= 0.6 is 0 Å². The van der Waals surface area contributed by atoms with E-state index >= 15 is 0 Å². The summed E-state index contributed by atoms with van der Waals surface area (Å²) in [6.07, 6.45) is 7.59. The molecule has 1 atom stereocenters. The smallest absolute Gasteiger partial charge is 0.277 e. The third kappa shape index (κ3) is 2.80. The predicted octanol–water partition coefficient (Wildman–Crippen LogP) is 1.78. The lowest BCUT2D eigenvalue weighted by molar-refractivity contribution is -0.139. The molecule has 4 aliphatic rings. The lowest BCUT2D eigenvalue weighted by atomic mass is 9.84. The molecule has 6 rings (SSSR count). The number of amides is 2. The maximum absolute atomic E-state index is 13.2. The minimum Gasteiger partial charge on any atom is -0.337 e. The van der Waals surface area contributed by atoms with E-state index in [0.29, 0.717) is 30.7 Å². The Morgan fingerprint density at radius 3 is 2.53 bits per heavy atom. The minimum absolute atomic E-state index is 0.0100. The van der Waals surface area contributed by atoms with Crippen LogP contribution in [-0.4, -0.2) is 49.3 Å². The molecule has 3 fully saturated rings. The zero-order chi connectivity index (χ0) is 20.4. The molecule has 0 bridgehead atoms. The van der Waals surface area contributed by atoms with Crippen LogP contribution in [-0.2, 0) is 22.6 Å². The van der Waals surface area contributed by atoms with Crippen LogP contribution in [0.4, 0.5) is 0 Å². The number of fused-ring (bicyclic) bond motifs is 2. The Balaban J connectivity index is 1.32. The van der Waals surface area contributed by atoms with E-state index in [1.807, 2.05) is 15.9 Å². The van der Waals surface area contributed by atoms with E-state index in [0.717, 1.165) is 62.9 Å². The molecule has 2 amide bonds. The second kappa shape index (κ2) is 6.68. The number of hydrogen-bond donors (Lipinski definition) is 1. The van der Waals surface area contributed by atoms with Crippen molar-refractivity contribution in [1.29, 1.82) is 0 Å². The zero-order valence-corrected chi connectivity index (χ0v) is 17.1. The van der Waals surface area contributed by atoms with Crippen LogP contribution in [0.15, 0.2) is 10.9 Å².